The van der Waals surface area contributed by atoms with E-state index in [1.807, 2.05) is 0 Å². The Balaban J connectivity index is 0.000000287. The maximum absolute atomic E-state index is 11.1. The van der Waals surface area contributed by atoms with E-state index >= 15 is 0 Å². The summed E-state index contributed by atoms with van der Waals surface area (Å²) in [6, 6.07) is 18.9. The number of phenolic OH excluding ortho intramolecular Hbond substituents is 4. The summed E-state index contributed by atoms with van der Waals surface area (Å²) < 4.78 is 0. The van der Waals surface area contributed by atoms with Crippen molar-refractivity contribution in [3.8, 4) is 23.0 Å². The van der Waals surface area contributed by atoms with E-state index in [0.29, 0.717) is 71.2 Å². The molecular weight excluding hydrogens is 680 g/mol. The molecule has 0 radical (unpaired) electrons. The maximum Gasteiger partial charge on any atom is 0.221 e. The van der Waals surface area contributed by atoms with Crippen LogP contribution >= 0.6 is 0 Å². The van der Waals surface area contributed by atoms with Gasteiger partial charge in [-0.1, -0.05) is 0 Å². The van der Waals surface area contributed by atoms with E-state index < -0.39 is 0 Å². The van der Waals surface area contributed by atoms with Gasteiger partial charge in [-0.3, -0.25) is 34.4 Å². The number of hydrogen-bond donors (Lipinski definition) is 8. The highest BCUT2D eigenvalue weighted by Crippen LogP contribution is 2.22. The standard InChI is InChI=1S/C20H22N4O4.C18H20N4O3/c1-13(25)23-17-3-5-19(27)15(9-17)11-21-7-8-22-12-16-10-18(24-14(2)26)4-6-20(16)28;1-12(23)22-16-3-5-18(25)14(9-16)11-21-7-6-20-10-13-8-15(19)2-4-17(13)24/h3-6,9-12,27-28H,7-8H2,1-2H3,(H,23,25)(H,24,26);2-5,8-11,24-25H,6-7,19H2,1H3,(H,22,23). The van der Waals surface area contributed by atoms with Crippen molar-refractivity contribution in [2.75, 3.05) is 47.9 Å². The van der Waals surface area contributed by atoms with Crippen molar-refractivity contribution in [3.63, 3.8) is 0 Å². The topological polar surface area (TPSA) is 244 Å². The van der Waals surface area contributed by atoms with Gasteiger partial charge in [-0.15, -0.1) is 0 Å². The number of aromatic hydroxyl groups is 4. The number of nitrogens with one attached hydrogen (secondary N) is 3. The Morgan fingerprint density at radius 1 is 0.491 bits per heavy atom. The van der Waals surface area contributed by atoms with E-state index in [1.165, 1.54) is 69.9 Å². The molecule has 0 heterocycles. The van der Waals surface area contributed by atoms with Gasteiger partial charge in [0.15, 0.2) is 0 Å². The van der Waals surface area contributed by atoms with Gasteiger partial charge in [-0.25, -0.2) is 0 Å². The molecule has 4 aromatic rings. The van der Waals surface area contributed by atoms with Crippen molar-refractivity contribution in [2.45, 2.75) is 20.8 Å². The second-order valence-corrected chi connectivity index (χ2v) is 11.3. The predicted molar refractivity (Wildman–Crippen MR) is 210 cm³/mol. The fourth-order valence-corrected chi connectivity index (χ4v) is 4.38. The fraction of sp³-hybridized carbons (Fsp3) is 0.184. The Bertz CT molecular complexity index is 1950. The molecule has 3 amide bonds. The van der Waals surface area contributed by atoms with E-state index in [1.54, 1.807) is 48.5 Å². The first kappa shape index (κ1) is 40.4. The van der Waals surface area contributed by atoms with Crippen molar-refractivity contribution < 1.29 is 34.8 Å². The zero-order chi connectivity index (χ0) is 38.8. The Hall–Kier alpha value is -7.03. The molecule has 4 rings (SSSR count). The SMILES string of the molecule is CC(=O)Nc1ccc(O)c(C=NCCN=Cc2cc(N)ccc2O)c1.CC(=O)Nc1ccc(O)c(C=NCCN=Cc2cc(NC(C)=O)ccc2O)c1. The molecule has 0 saturated heterocycles. The van der Waals surface area contributed by atoms with Crippen LogP contribution in [0.15, 0.2) is 92.8 Å². The minimum absolute atomic E-state index is 0.0565. The molecule has 9 N–H and O–H groups in total. The minimum atomic E-state index is -0.200. The van der Waals surface area contributed by atoms with Gasteiger partial charge < -0.3 is 42.1 Å². The maximum atomic E-state index is 11.1. The molecule has 15 heteroatoms. The van der Waals surface area contributed by atoms with Crippen LogP contribution in [0.25, 0.3) is 0 Å². The normalized spacial score (nSPS) is 11.2. The quantitative estimate of drug-likeness (QED) is 0.0414. The molecule has 4 aromatic carbocycles. The second kappa shape index (κ2) is 20.6. The van der Waals surface area contributed by atoms with Crippen LogP contribution < -0.4 is 21.7 Å². The lowest BCUT2D eigenvalue weighted by molar-refractivity contribution is -0.115. The van der Waals surface area contributed by atoms with Gasteiger partial charge >= 0.3 is 0 Å². The van der Waals surface area contributed by atoms with Crippen molar-refractivity contribution >= 4 is 65.3 Å². The van der Waals surface area contributed by atoms with Crippen LogP contribution in [0.4, 0.5) is 22.7 Å². The number of phenols is 4. The summed E-state index contributed by atoms with van der Waals surface area (Å²) in [6.45, 7) is 5.78. The molecule has 0 aliphatic carbocycles. The molecule has 0 atom stereocenters. The third kappa shape index (κ3) is 14.8. The highest BCUT2D eigenvalue weighted by Gasteiger charge is 2.04. The minimum Gasteiger partial charge on any atom is -0.507 e. The van der Waals surface area contributed by atoms with Crippen molar-refractivity contribution in [1.82, 2.24) is 0 Å². The number of aliphatic imine (C=N–C) groups is 4. The molecule has 0 unspecified atom stereocenters. The average molecular weight is 723 g/mol. The van der Waals surface area contributed by atoms with Gasteiger partial charge in [0.05, 0.1) is 26.2 Å². The molecule has 0 bridgehead atoms. The molecule has 0 aliphatic heterocycles. The number of anilines is 4. The number of nitrogen functional groups attached to an aromatic ring is 1. The molecule has 0 saturated carbocycles. The Morgan fingerprint density at radius 2 is 0.755 bits per heavy atom. The summed E-state index contributed by atoms with van der Waals surface area (Å²) in [5.74, 6) is -0.287. The number of hydrogen-bond acceptors (Lipinski definition) is 12. The Morgan fingerprint density at radius 3 is 1.04 bits per heavy atom. The van der Waals surface area contributed by atoms with Crippen LogP contribution in [-0.4, -0.2) is 89.2 Å². The van der Waals surface area contributed by atoms with Crippen LogP contribution in [0.1, 0.15) is 43.0 Å². The van der Waals surface area contributed by atoms with E-state index in [4.69, 9.17) is 5.73 Å². The first-order valence-electron chi connectivity index (χ1n) is 16.2. The van der Waals surface area contributed by atoms with Crippen LogP contribution in [0, 0.1) is 0 Å². The Kier molecular flexibility index (Phi) is 15.7. The van der Waals surface area contributed by atoms with E-state index in [-0.39, 0.29) is 40.7 Å². The van der Waals surface area contributed by atoms with Gasteiger partial charge in [0.25, 0.3) is 0 Å². The smallest absolute Gasteiger partial charge is 0.221 e. The summed E-state index contributed by atoms with van der Waals surface area (Å²) in [5, 5.41) is 47.1. The number of nitrogens with two attached hydrogens (primary N) is 1. The zero-order valence-electron chi connectivity index (χ0n) is 29.4. The van der Waals surface area contributed by atoms with Crippen LogP contribution in [0.2, 0.25) is 0 Å². The number of benzene rings is 4. The summed E-state index contributed by atoms with van der Waals surface area (Å²) in [6.07, 6.45) is 6.07. The molecule has 53 heavy (non-hydrogen) atoms. The highest BCUT2D eigenvalue weighted by molar-refractivity contribution is 5.93. The van der Waals surface area contributed by atoms with E-state index in [0.717, 1.165) is 0 Å². The lowest BCUT2D eigenvalue weighted by atomic mass is 10.2. The third-order valence-electron chi connectivity index (χ3n) is 6.73. The monoisotopic (exact) mass is 722 g/mol. The first-order chi connectivity index (χ1) is 25.3. The van der Waals surface area contributed by atoms with Crippen molar-refractivity contribution in [1.29, 1.82) is 0 Å². The lowest BCUT2D eigenvalue weighted by Crippen LogP contribution is -2.06. The number of rotatable bonds is 13. The van der Waals surface area contributed by atoms with Gasteiger partial charge in [-0.05, 0) is 72.8 Å². The van der Waals surface area contributed by atoms with Gasteiger partial charge in [-0.2, -0.15) is 0 Å². The van der Waals surface area contributed by atoms with Gasteiger partial charge in [0, 0.05) is 90.6 Å². The summed E-state index contributed by atoms with van der Waals surface area (Å²) in [4.78, 5) is 50.0. The van der Waals surface area contributed by atoms with Crippen LogP contribution in [0.5, 0.6) is 23.0 Å². The summed E-state index contributed by atoms with van der Waals surface area (Å²) >= 11 is 0. The lowest BCUT2D eigenvalue weighted by Gasteiger charge is -2.05. The number of carbonyl (C=O) groups excluding carboxylic acids is 3. The largest absolute Gasteiger partial charge is 0.507 e. The molecule has 0 aromatic heterocycles. The number of amides is 3. The van der Waals surface area contributed by atoms with E-state index in [9.17, 15) is 34.8 Å². The van der Waals surface area contributed by atoms with Crippen molar-refractivity contribution in [3.05, 3.63) is 95.1 Å². The number of carbonyl (C=O) groups is 3. The average Bonchev–Trinajstić information content (AvgIpc) is 3.09. The molecular formula is C38H42N8O7. The molecule has 0 spiro atoms. The number of nitrogens with zero attached hydrogens (tertiary/aromatic N) is 4. The van der Waals surface area contributed by atoms with Crippen LogP contribution in [0.3, 0.4) is 0 Å². The zero-order valence-corrected chi connectivity index (χ0v) is 29.4. The fourth-order valence-electron chi connectivity index (χ4n) is 4.38. The third-order valence-corrected chi connectivity index (χ3v) is 6.73. The van der Waals surface area contributed by atoms with Crippen molar-refractivity contribution in [2.24, 2.45) is 20.0 Å². The Labute approximate surface area is 306 Å². The van der Waals surface area contributed by atoms with Gasteiger partial charge in [0.2, 0.25) is 17.7 Å². The summed E-state index contributed by atoms with van der Waals surface area (Å²) in [7, 11) is 0. The highest BCUT2D eigenvalue weighted by atomic mass is 16.3. The van der Waals surface area contributed by atoms with Crippen LogP contribution in [-0.2, 0) is 14.4 Å². The van der Waals surface area contributed by atoms with E-state index in [2.05, 4.69) is 35.9 Å². The molecule has 0 aliphatic rings. The first-order valence-corrected chi connectivity index (χ1v) is 16.2. The predicted octanol–water partition coefficient (Wildman–Crippen LogP) is 4.73. The molecule has 15 nitrogen and oxygen atoms in total. The van der Waals surface area contributed by atoms with Gasteiger partial charge in [0.1, 0.15) is 23.0 Å². The molecule has 276 valence electrons. The summed E-state index contributed by atoms with van der Waals surface area (Å²) in [5.41, 5.74) is 9.94. The second-order valence-electron chi connectivity index (χ2n) is 11.3. The molecule has 0 fully saturated rings.